The van der Waals surface area contributed by atoms with Crippen molar-refractivity contribution >= 4 is 38.4 Å². The van der Waals surface area contributed by atoms with Gasteiger partial charge in [-0.05, 0) is 60.8 Å². The van der Waals surface area contributed by atoms with E-state index in [0.717, 1.165) is 44.7 Å². The summed E-state index contributed by atoms with van der Waals surface area (Å²) in [7, 11) is -3.82. The maximum Gasteiger partial charge on any atom is 0.336 e. The third-order valence-electron chi connectivity index (χ3n) is 6.37. The second kappa shape index (κ2) is 10.2. The average Bonchev–Trinajstić information content (AvgIpc) is 2.84. The molecule has 2 heterocycles. The van der Waals surface area contributed by atoms with Crippen molar-refractivity contribution < 1.29 is 18.3 Å². The standard InChI is InChI=1S/C26H32N4O4S/c1-4-11-29-12-14-30(15-13-29)25-17-23(26(31)32)22-16-20(7-10-24(22)27-25)28-35(33,34)21-8-5-19(6-9-21)18(2)3/h5-10,16-18,28H,4,11-15H2,1-3H3,(H,31,32). The number of carboxylic acid groups (broad SMARTS) is 1. The second-order valence-corrected chi connectivity index (χ2v) is 10.9. The van der Waals surface area contributed by atoms with Gasteiger partial charge in [-0.2, -0.15) is 0 Å². The van der Waals surface area contributed by atoms with Crippen LogP contribution in [0.4, 0.5) is 11.5 Å². The van der Waals surface area contributed by atoms with Crippen LogP contribution in [0.2, 0.25) is 0 Å². The average molecular weight is 497 g/mol. The molecule has 0 spiro atoms. The molecule has 2 aromatic carbocycles. The van der Waals surface area contributed by atoms with Gasteiger partial charge >= 0.3 is 5.97 Å². The quantitative estimate of drug-likeness (QED) is 0.477. The van der Waals surface area contributed by atoms with Crippen LogP contribution in [-0.2, 0) is 10.0 Å². The zero-order valence-corrected chi connectivity index (χ0v) is 21.2. The number of hydrogen-bond acceptors (Lipinski definition) is 6. The molecule has 0 amide bonds. The largest absolute Gasteiger partial charge is 0.478 e. The minimum Gasteiger partial charge on any atom is -0.478 e. The number of rotatable bonds is 8. The minimum atomic E-state index is -3.82. The van der Waals surface area contributed by atoms with Gasteiger partial charge in [0, 0.05) is 37.3 Å². The van der Waals surface area contributed by atoms with Gasteiger partial charge in [-0.3, -0.25) is 9.62 Å². The van der Waals surface area contributed by atoms with Crippen molar-refractivity contribution in [2.45, 2.75) is 38.0 Å². The highest BCUT2D eigenvalue weighted by atomic mass is 32.2. The van der Waals surface area contributed by atoms with E-state index in [2.05, 4.69) is 21.4 Å². The molecule has 1 aromatic heterocycles. The molecule has 9 heteroatoms. The molecule has 4 rings (SSSR count). The summed E-state index contributed by atoms with van der Waals surface area (Å²) in [5.41, 5.74) is 1.95. The number of pyridine rings is 1. The Bertz CT molecular complexity index is 1320. The number of sulfonamides is 1. The normalized spacial score (nSPS) is 15.0. The number of hydrogen-bond donors (Lipinski definition) is 2. The zero-order chi connectivity index (χ0) is 25.2. The molecule has 0 bridgehead atoms. The first-order valence-corrected chi connectivity index (χ1v) is 13.4. The van der Waals surface area contributed by atoms with E-state index in [0.29, 0.717) is 22.6 Å². The van der Waals surface area contributed by atoms with Crippen molar-refractivity contribution in [3.05, 3.63) is 59.7 Å². The molecule has 3 aromatic rings. The highest BCUT2D eigenvalue weighted by Crippen LogP contribution is 2.28. The van der Waals surface area contributed by atoms with Gasteiger partial charge in [0.05, 0.1) is 16.0 Å². The van der Waals surface area contributed by atoms with Crippen LogP contribution in [0.25, 0.3) is 10.9 Å². The monoisotopic (exact) mass is 496 g/mol. The van der Waals surface area contributed by atoms with Crippen molar-refractivity contribution in [3.63, 3.8) is 0 Å². The molecular weight excluding hydrogens is 464 g/mol. The predicted molar refractivity (Wildman–Crippen MR) is 139 cm³/mol. The summed E-state index contributed by atoms with van der Waals surface area (Å²) in [5, 5.41) is 10.3. The van der Waals surface area contributed by atoms with Gasteiger partial charge in [0.15, 0.2) is 0 Å². The summed E-state index contributed by atoms with van der Waals surface area (Å²) in [4.78, 5) is 21.4. The van der Waals surface area contributed by atoms with Gasteiger partial charge in [-0.25, -0.2) is 18.2 Å². The lowest BCUT2D eigenvalue weighted by Gasteiger charge is -2.35. The first kappa shape index (κ1) is 24.9. The molecule has 35 heavy (non-hydrogen) atoms. The van der Waals surface area contributed by atoms with Crippen molar-refractivity contribution in [1.82, 2.24) is 9.88 Å². The molecule has 0 unspecified atom stereocenters. The smallest absolute Gasteiger partial charge is 0.336 e. The van der Waals surface area contributed by atoms with Crippen molar-refractivity contribution in [2.24, 2.45) is 0 Å². The van der Waals surface area contributed by atoms with Crippen LogP contribution in [0, 0.1) is 0 Å². The van der Waals surface area contributed by atoms with Gasteiger partial charge < -0.3 is 10.0 Å². The third-order valence-corrected chi connectivity index (χ3v) is 7.77. The predicted octanol–water partition coefficient (Wildman–Crippen LogP) is 4.39. The fourth-order valence-corrected chi connectivity index (χ4v) is 5.43. The summed E-state index contributed by atoms with van der Waals surface area (Å²) < 4.78 is 28.4. The molecule has 0 aliphatic carbocycles. The van der Waals surface area contributed by atoms with Gasteiger partial charge in [0.2, 0.25) is 0 Å². The number of nitrogens with zero attached hydrogens (tertiary/aromatic N) is 3. The van der Waals surface area contributed by atoms with Gasteiger partial charge in [0.25, 0.3) is 10.0 Å². The van der Waals surface area contributed by atoms with Crippen LogP contribution in [0.1, 0.15) is 49.0 Å². The topological polar surface area (TPSA) is 103 Å². The number of fused-ring (bicyclic) bond motifs is 1. The number of aromatic nitrogens is 1. The van der Waals surface area contributed by atoms with Crippen LogP contribution < -0.4 is 9.62 Å². The zero-order valence-electron chi connectivity index (χ0n) is 20.4. The first-order chi connectivity index (χ1) is 16.7. The molecule has 1 saturated heterocycles. The fourth-order valence-electron chi connectivity index (χ4n) is 4.38. The van der Waals surface area contributed by atoms with Crippen molar-refractivity contribution in [1.29, 1.82) is 0 Å². The maximum atomic E-state index is 12.9. The Kier molecular flexibility index (Phi) is 7.28. The van der Waals surface area contributed by atoms with E-state index in [9.17, 15) is 18.3 Å². The molecule has 0 atom stereocenters. The highest BCUT2D eigenvalue weighted by molar-refractivity contribution is 7.92. The molecule has 0 radical (unpaired) electrons. The number of benzene rings is 2. The van der Waals surface area contributed by atoms with E-state index < -0.39 is 16.0 Å². The van der Waals surface area contributed by atoms with Crippen LogP contribution in [0.3, 0.4) is 0 Å². The number of nitrogens with one attached hydrogen (secondary N) is 1. The number of carboxylic acids is 1. The van der Waals surface area contributed by atoms with Crippen molar-refractivity contribution in [2.75, 3.05) is 42.3 Å². The van der Waals surface area contributed by atoms with Gasteiger partial charge in [-0.15, -0.1) is 0 Å². The Morgan fingerprint density at radius 2 is 1.74 bits per heavy atom. The molecule has 186 valence electrons. The van der Waals surface area contributed by atoms with Crippen molar-refractivity contribution in [3.8, 4) is 0 Å². The van der Waals surface area contributed by atoms with Gasteiger partial charge in [-0.1, -0.05) is 32.9 Å². The van der Waals surface area contributed by atoms with E-state index >= 15 is 0 Å². The third kappa shape index (κ3) is 5.57. The SMILES string of the molecule is CCCN1CCN(c2cc(C(=O)O)c3cc(NS(=O)(=O)c4ccc(C(C)C)cc4)ccc3n2)CC1. The fraction of sp³-hybridized carbons (Fsp3) is 0.385. The lowest BCUT2D eigenvalue weighted by Crippen LogP contribution is -2.46. The number of anilines is 2. The Hall–Kier alpha value is -3.17. The minimum absolute atomic E-state index is 0.100. The summed E-state index contributed by atoms with van der Waals surface area (Å²) in [6, 6.07) is 13.2. The van der Waals surface area contributed by atoms with Crippen LogP contribution in [-0.4, -0.2) is 62.1 Å². The van der Waals surface area contributed by atoms with E-state index in [1.54, 1.807) is 42.5 Å². The molecule has 2 N–H and O–H groups in total. The van der Waals surface area contributed by atoms with E-state index in [1.807, 2.05) is 13.8 Å². The Balaban J connectivity index is 1.61. The van der Waals surface area contributed by atoms with Crippen LogP contribution in [0.15, 0.2) is 53.4 Å². The maximum absolute atomic E-state index is 12.9. The molecule has 1 aliphatic rings. The Labute approximate surface area is 206 Å². The molecule has 1 aliphatic heterocycles. The Morgan fingerprint density at radius 3 is 2.34 bits per heavy atom. The lowest BCUT2D eigenvalue weighted by atomic mass is 10.0. The number of aromatic carboxylic acids is 1. The lowest BCUT2D eigenvalue weighted by molar-refractivity contribution is 0.0699. The molecule has 8 nitrogen and oxygen atoms in total. The van der Waals surface area contributed by atoms with Crippen LogP contribution in [0.5, 0.6) is 0 Å². The highest BCUT2D eigenvalue weighted by Gasteiger charge is 2.21. The summed E-state index contributed by atoms with van der Waals surface area (Å²) in [6.07, 6.45) is 1.10. The van der Waals surface area contributed by atoms with Crippen LogP contribution >= 0.6 is 0 Å². The summed E-state index contributed by atoms with van der Waals surface area (Å²) in [5.74, 6) is -0.149. The van der Waals surface area contributed by atoms with E-state index in [4.69, 9.17) is 4.98 Å². The first-order valence-electron chi connectivity index (χ1n) is 12.0. The molecular formula is C26H32N4O4S. The molecule has 1 fully saturated rings. The summed E-state index contributed by atoms with van der Waals surface area (Å²) in [6.45, 7) is 10.7. The second-order valence-electron chi connectivity index (χ2n) is 9.22. The van der Waals surface area contributed by atoms with E-state index in [-0.39, 0.29) is 16.1 Å². The number of carbonyl (C=O) groups is 1. The van der Waals surface area contributed by atoms with E-state index in [1.165, 1.54) is 6.07 Å². The number of piperazine rings is 1. The Morgan fingerprint density at radius 1 is 1.06 bits per heavy atom. The van der Waals surface area contributed by atoms with Gasteiger partial charge in [0.1, 0.15) is 5.82 Å². The summed E-state index contributed by atoms with van der Waals surface area (Å²) >= 11 is 0. The molecule has 0 saturated carbocycles.